The normalized spacial score (nSPS) is 10.9. The lowest BCUT2D eigenvalue weighted by atomic mass is 10.1. The van der Waals surface area contributed by atoms with Crippen LogP contribution in [-0.4, -0.2) is 55.9 Å². The van der Waals surface area contributed by atoms with Crippen LogP contribution >= 0.6 is 0 Å². The molecule has 3 aromatic carbocycles. The molecule has 0 heterocycles. The standard InChI is InChI=1S/C26H30N2O7S/c1-32-20-10-12-21(13-11-20)36(30,31)28(22-7-5-6-8-23(22)33-2)18-26(29)27-16-15-19-9-14-24(34-3)25(17-19)35-4/h5-14,17H,15-16,18H2,1-4H3,(H,27,29). The van der Waals surface area contributed by atoms with Crippen LogP contribution in [0.4, 0.5) is 5.69 Å². The average molecular weight is 515 g/mol. The molecule has 0 unspecified atom stereocenters. The molecule has 36 heavy (non-hydrogen) atoms. The molecule has 0 fully saturated rings. The third-order valence-corrected chi connectivity index (χ3v) is 7.25. The van der Waals surface area contributed by atoms with Gasteiger partial charge in [-0.25, -0.2) is 8.42 Å². The van der Waals surface area contributed by atoms with Crippen LogP contribution in [0, 0.1) is 0 Å². The molecule has 3 rings (SSSR count). The van der Waals surface area contributed by atoms with E-state index in [2.05, 4.69) is 5.32 Å². The summed E-state index contributed by atoms with van der Waals surface area (Å²) in [5.74, 6) is 1.59. The molecule has 0 bridgehead atoms. The van der Waals surface area contributed by atoms with E-state index in [1.54, 1.807) is 56.7 Å². The molecule has 0 spiro atoms. The van der Waals surface area contributed by atoms with Gasteiger partial charge in [-0.2, -0.15) is 0 Å². The summed E-state index contributed by atoms with van der Waals surface area (Å²) in [6.45, 7) is -0.128. The molecule has 9 nitrogen and oxygen atoms in total. The van der Waals surface area contributed by atoms with Gasteiger partial charge in [-0.05, 0) is 60.5 Å². The Morgan fingerprint density at radius 2 is 1.47 bits per heavy atom. The van der Waals surface area contributed by atoms with Gasteiger partial charge < -0.3 is 24.3 Å². The number of anilines is 1. The Morgan fingerprint density at radius 1 is 0.806 bits per heavy atom. The minimum absolute atomic E-state index is 0.0207. The maximum Gasteiger partial charge on any atom is 0.264 e. The highest BCUT2D eigenvalue weighted by Crippen LogP contribution is 2.32. The van der Waals surface area contributed by atoms with Gasteiger partial charge in [0.05, 0.1) is 39.0 Å². The molecule has 0 saturated heterocycles. The van der Waals surface area contributed by atoms with Crippen LogP contribution in [0.5, 0.6) is 23.0 Å². The summed E-state index contributed by atoms with van der Waals surface area (Å²) in [7, 11) is 1.96. The summed E-state index contributed by atoms with van der Waals surface area (Å²) >= 11 is 0. The van der Waals surface area contributed by atoms with Gasteiger partial charge in [-0.1, -0.05) is 18.2 Å². The van der Waals surface area contributed by atoms with Gasteiger partial charge in [0.15, 0.2) is 11.5 Å². The van der Waals surface area contributed by atoms with Crippen LogP contribution in [0.1, 0.15) is 5.56 Å². The van der Waals surface area contributed by atoms with E-state index in [-0.39, 0.29) is 10.6 Å². The molecule has 0 atom stereocenters. The number of nitrogens with zero attached hydrogens (tertiary/aromatic N) is 1. The van der Waals surface area contributed by atoms with Gasteiger partial charge in [0.1, 0.15) is 18.0 Å². The third-order valence-electron chi connectivity index (χ3n) is 5.47. The molecule has 3 aromatic rings. The van der Waals surface area contributed by atoms with Crippen LogP contribution < -0.4 is 28.6 Å². The molecule has 1 N–H and O–H groups in total. The number of rotatable bonds is 12. The van der Waals surface area contributed by atoms with E-state index in [1.807, 2.05) is 12.1 Å². The van der Waals surface area contributed by atoms with Crippen molar-refractivity contribution in [1.29, 1.82) is 0 Å². The van der Waals surface area contributed by atoms with E-state index >= 15 is 0 Å². The number of carbonyl (C=O) groups is 1. The van der Waals surface area contributed by atoms with E-state index in [1.165, 1.54) is 26.4 Å². The molecule has 10 heteroatoms. The number of nitrogens with one attached hydrogen (secondary N) is 1. The summed E-state index contributed by atoms with van der Waals surface area (Å²) in [4.78, 5) is 12.9. The maximum atomic E-state index is 13.6. The van der Waals surface area contributed by atoms with Crippen molar-refractivity contribution >= 4 is 21.6 Å². The first-order valence-corrected chi connectivity index (χ1v) is 12.6. The van der Waals surface area contributed by atoms with Crippen LogP contribution in [0.3, 0.4) is 0 Å². The predicted octanol–water partition coefficient (Wildman–Crippen LogP) is 3.28. The van der Waals surface area contributed by atoms with Crippen molar-refractivity contribution in [2.75, 3.05) is 45.8 Å². The summed E-state index contributed by atoms with van der Waals surface area (Å²) in [6, 6.07) is 18.1. The van der Waals surface area contributed by atoms with Crippen molar-refractivity contribution in [3.05, 3.63) is 72.3 Å². The highest BCUT2D eigenvalue weighted by molar-refractivity contribution is 7.92. The zero-order chi connectivity index (χ0) is 26.1. The van der Waals surface area contributed by atoms with Crippen molar-refractivity contribution in [1.82, 2.24) is 5.32 Å². The summed E-state index contributed by atoms with van der Waals surface area (Å²) < 4.78 is 49.3. The van der Waals surface area contributed by atoms with Crippen molar-refractivity contribution in [3.8, 4) is 23.0 Å². The molecular formula is C26H30N2O7S. The number of para-hydroxylation sites is 2. The molecule has 0 aliphatic heterocycles. The first-order valence-electron chi connectivity index (χ1n) is 11.1. The Morgan fingerprint density at radius 3 is 2.11 bits per heavy atom. The number of ether oxygens (including phenoxy) is 4. The number of carbonyl (C=O) groups excluding carboxylic acids is 1. The van der Waals surface area contributed by atoms with E-state index in [4.69, 9.17) is 18.9 Å². The highest BCUT2D eigenvalue weighted by atomic mass is 32.2. The van der Waals surface area contributed by atoms with Crippen molar-refractivity contribution in [2.24, 2.45) is 0 Å². The van der Waals surface area contributed by atoms with Gasteiger partial charge in [0, 0.05) is 6.54 Å². The largest absolute Gasteiger partial charge is 0.497 e. The molecule has 0 radical (unpaired) electrons. The monoisotopic (exact) mass is 514 g/mol. The zero-order valence-corrected chi connectivity index (χ0v) is 21.5. The quantitative estimate of drug-likeness (QED) is 0.396. The van der Waals surface area contributed by atoms with Crippen molar-refractivity contribution in [3.63, 3.8) is 0 Å². The number of methoxy groups -OCH3 is 4. The Kier molecular flexibility index (Phi) is 9.02. The Bertz CT molecular complexity index is 1280. The fourth-order valence-electron chi connectivity index (χ4n) is 3.58. The summed E-state index contributed by atoms with van der Waals surface area (Å²) in [5, 5.41) is 2.80. The van der Waals surface area contributed by atoms with Crippen molar-refractivity contribution in [2.45, 2.75) is 11.3 Å². The second-order valence-electron chi connectivity index (χ2n) is 7.65. The number of sulfonamides is 1. The molecule has 0 aliphatic carbocycles. The van der Waals surface area contributed by atoms with E-state index in [0.717, 1.165) is 9.87 Å². The van der Waals surface area contributed by atoms with Crippen LogP contribution in [0.2, 0.25) is 0 Å². The highest BCUT2D eigenvalue weighted by Gasteiger charge is 2.29. The number of hydrogen-bond acceptors (Lipinski definition) is 7. The van der Waals surface area contributed by atoms with Gasteiger partial charge in [-0.3, -0.25) is 9.10 Å². The summed E-state index contributed by atoms with van der Waals surface area (Å²) in [6.07, 6.45) is 0.520. The number of amides is 1. The first kappa shape index (κ1) is 26.7. The fraction of sp³-hybridized carbons (Fsp3) is 0.269. The maximum absolute atomic E-state index is 13.6. The van der Waals surface area contributed by atoms with Gasteiger partial charge in [-0.15, -0.1) is 0 Å². The fourth-order valence-corrected chi connectivity index (χ4v) is 5.01. The van der Waals surface area contributed by atoms with Crippen LogP contribution in [-0.2, 0) is 21.2 Å². The van der Waals surface area contributed by atoms with Crippen LogP contribution in [0.25, 0.3) is 0 Å². The lowest BCUT2D eigenvalue weighted by Gasteiger charge is -2.25. The first-order chi connectivity index (χ1) is 17.3. The van der Waals surface area contributed by atoms with Gasteiger partial charge in [0.2, 0.25) is 5.91 Å². The lowest BCUT2D eigenvalue weighted by Crippen LogP contribution is -2.41. The molecule has 1 amide bonds. The van der Waals surface area contributed by atoms with Crippen molar-refractivity contribution < 1.29 is 32.2 Å². The van der Waals surface area contributed by atoms with E-state index in [0.29, 0.717) is 36.0 Å². The molecule has 192 valence electrons. The zero-order valence-electron chi connectivity index (χ0n) is 20.7. The predicted molar refractivity (Wildman–Crippen MR) is 137 cm³/mol. The van der Waals surface area contributed by atoms with E-state index in [9.17, 15) is 13.2 Å². The Balaban J connectivity index is 1.79. The molecule has 0 aromatic heterocycles. The average Bonchev–Trinajstić information content (AvgIpc) is 2.91. The smallest absolute Gasteiger partial charge is 0.264 e. The second-order valence-corrected chi connectivity index (χ2v) is 9.51. The third kappa shape index (κ3) is 6.19. The Hall–Kier alpha value is -3.92. The molecular weight excluding hydrogens is 484 g/mol. The van der Waals surface area contributed by atoms with Gasteiger partial charge in [0.25, 0.3) is 10.0 Å². The molecule has 0 saturated carbocycles. The van der Waals surface area contributed by atoms with Gasteiger partial charge >= 0.3 is 0 Å². The SMILES string of the molecule is COc1ccc(S(=O)(=O)N(CC(=O)NCCc2ccc(OC)c(OC)c2)c2ccccc2OC)cc1. The molecule has 0 aliphatic rings. The van der Waals surface area contributed by atoms with E-state index < -0.39 is 22.5 Å². The summed E-state index contributed by atoms with van der Waals surface area (Å²) in [5.41, 5.74) is 1.19. The number of hydrogen-bond donors (Lipinski definition) is 1. The number of benzene rings is 3. The minimum Gasteiger partial charge on any atom is -0.497 e. The second kappa shape index (κ2) is 12.2. The lowest BCUT2D eigenvalue weighted by molar-refractivity contribution is -0.119. The van der Waals surface area contributed by atoms with Crippen LogP contribution in [0.15, 0.2) is 71.6 Å². The Labute approximate surface area is 211 Å². The topological polar surface area (TPSA) is 103 Å². The minimum atomic E-state index is -4.09.